The van der Waals surface area contributed by atoms with E-state index in [9.17, 15) is 14.4 Å². The Hall–Kier alpha value is -4.10. The van der Waals surface area contributed by atoms with Gasteiger partial charge in [-0.15, -0.1) is 0 Å². The van der Waals surface area contributed by atoms with Gasteiger partial charge in [0.2, 0.25) is 11.2 Å². The highest BCUT2D eigenvalue weighted by molar-refractivity contribution is 6.33. The number of fused-ring (bicyclic) bond motifs is 2. The van der Waals surface area contributed by atoms with E-state index in [4.69, 9.17) is 25.5 Å². The van der Waals surface area contributed by atoms with Crippen molar-refractivity contribution < 1.29 is 23.5 Å². The van der Waals surface area contributed by atoms with E-state index in [1.165, 1.54) is 0 Å². The summed E-state index contributed by atoms with van der Waals surface area (Å²) in [6, 6.07) is 18.6. The first-order valence-corrected chi connectivity index (χ1v) is 11.4. The first-order chi connectivity index (χ1) is 17.0. The van der Waals surface area contributed by atoms with E-state index in [0.29, 0.717) is 45.1 Å². The van der Waals surface area contributed by atoms with Gasteiger partial charge >= 0.3 is 0 Å². The van der Waals surface area contributed by atoms with Crippen LogP contribution in [-0.2, 0) is 4.79 Å². The van der Waals surface area contributed by atoms with Crippen LogP contribution in [0, 0.1) is 0 Å². The largest absolute Gasteiger partial charge is 0.482 e. The first-order valence-electron chi connectivity index (χ1n) is 11.0. The molecule has 1 aliphatic heterocycles. The third kappa shape index (κ3) is 4.15. The maximum absolute atomic E-state index is 13.3. The van der Waals surface area contributed by atoms with Gasteiger partial charge in [0.15, 0.2) is 24.8 Å². The molecule has 0 atom stereocenters. The van der Waals surface area contributed by atoms with Crippen molar-refractivity contribution in [3.63, 3.8) is 0 Å². The Balaban J connectivity index is 1.50. The molecule has 35 heavy (non-hydrogen) atoms. The number of nitrogens with zero attached hydrogens (tertiary/aromatic N) is 1. The molecule has 8 heteroatoms. The molecule has 3 aromatic carbocycles. The average Bonchev–Trinajstić information content (AvgIpc) is 2.88. The summed E-state index contributed by atoms with van der Waals surface area (Å²) >= 11 is 6.37. The van der Waals surface area contributed by atoms with Gasteiger partial charge in [0.05, 0.1) is 16.1 Å². The van der Waals surface area contributed by atoms with E-state index in [-0.39, 0.29) is 29.8 Å². The van der Waals surface area contributed by atoms with E-state index < -0.39 is 12.0 Å². The van der Waals surface area contributed by atoms with Gasteiger partial charge in [0, 0.05) is 17.7 Å². The first kappa shape index (κ1) is 22.7. The lowest BCUT2D eigenvalue weighted by molar-refractivity contribution is -0.121. The lowest BCUT2D eigenvalue weighted by Gasteiger charge is -2.28. The summed E-state index contributed by atoms with van der Waals surface area (Å²) in [6.45, 7) is 1.84. The summed E-state index contributed by atoms with van der Waals surface area (Å²) in [5.74, 6) is 0.0177. The maximum atomic E-state index is 13.3. The number of likely N-dealkylation sites (N-methyl/N-ethyl adjacent to an activating group) is 1. The van der Waals surface area contributed by atoms with Crippen LogP contribution in [0.5, 0.6) is 11.5 Å². The molecule has 0 aliphatic carbocycles. The summed E-state index contributed by atoms with van der Waals surface area (Å²) in [4.78, 5) is 40.1. The smallest absolute Gasteiger partial charge is 0.265 e. The highest BCUT2D eigenvalue weighted by Crippen LogP contribution is 2.36. The number of hydrogen-bond donors (Lipinski definition) is 0. The number of ketones is 1. The minimum Gasteiger partial charge on any atom is -0.482 e. The zero-order chi connectivity index (χ0) is 24.5. The van der Waals surface area contributed by atoms with Gasteiger partial charge in [-0.2, -0.15) is 0 Å². The summed E-state index contributed by atoms with van der Waals surface area (Å²) in [7, 11) is 0. The summed E-state index contributed by atoms with van der Waals surface area (Å²) in [6.07, 6.45) is 0. The Morgan fingerprint density at radius 2 is 1.83 bits per heavy atom. The molecule has 0 unspecified atom stereocenters. The molecule has 7 nitrogen and oxygen atoms in total. The second-order valence-electron chi connectivity index (χ2n) is 7.89. The highest BCUT2D eigenvalue weighted by Gasteiger charge is 2.26. The topological polar surface area (TPSA) is 86.1 Å². The molecule has 0 fully saturated rings. The van der Waals surface area contributed by atoms with Crippen LogP contribution in [0.3, 0.4) is 0 Å². The quantitative estimate of drug-likeness (QED) is 0.349. The number of halogens is 1. The van der Waals surface area contributed by atoms with Gasteiger partial charge in [-0.05, 0) is 49.4 Å². The average molecular weight is 490 g/mol. The predicted molar refractivity (Wildman–Crippen MR) is 133 cm³/mol. The van der Waals surface area contributed by atoms with Crippen molar-refractivity contribution in [1.29, 1.82) is 0 Å². The lowest BCUT2D eigenvalue weighted by atomic mass is 10.1. The van der Waals surface area contributed by atoms with Crippen LogP contribution in [-0.4, -0.2) is 31.4 Å². The fraction of sp³-hybridized carbons (Fsp3) is 0.148. The van der Waals surface area contributed by atoms with Crippen molar-refractivity contribution in [3.8, 4) is 22.8 Å². The number of Topliss-reactive ketones (excluding diaryl/α,β-unsaturated/α-hetero) is 1. The normalized spacial score (nSPS) is 12.9. The van der Waals surface area contributed by atoms with Crippen molar-refractivity contribution >= 4 is 39.9 Å². The standard InChI is InChI=1S/C27H20ClNO6/c1-2-29-20-13-16(11-12-23(20)33-15-24(29)31)21(30)14-34-27-25(32)18-8-4-6-10-22(18)35-26(27)17-7-3-5-9-19(17)28/h3-13H,2,14-15H2,1H3. The Kier molecular flexibility index (Phi) is 6.01. The van der Waals surface area contributed by atoms with Crippen molar-refractivity contribution in [1.82, 2.24) is 0 Å². The zero-order valence-electron chi connectivity index (χ0n) is 18.7. The van der Waals surface area contributed by atoms with Crippen molar-refractivity contribution in [2.75, 3.05) is 24.7 Å². The predicted octanol–water partition coefficient (Wildman–Crippen LogP) is 5.12. The Bertz CT molecular complexity index is 1530. The SMILES string of the molecule is CCN1C(=O)COc2ccc(C(=O)COc3c(-c4ccccc4Cl)oc4ccccc4c3=O)cc21. The number of carbonyl (C=O) groups is 2. The maximum Gasteiger partial charge on any atom is 0.265 e. The molecule has 0 saturated carbocycles. The number of ether oxygens (including phenoxy) is 2. The fourth-order valence-corrected chi connectivity index (χ4v) is 4.24. The Morgan fingerprint density at radius 3 is 2.63 bits per heavy atom. The molecule has 0 N–H and O–H groups in total. The molecule has 1 aliphatic rings. The Labute approximate surface area is 205 Å². The molecular formula is C27H20ClNO6. The zero-order valence-corrected chi connectivity index (χ0v) is 19.5. The van der Waals surface area contributed by atoms with E-state index in [2.05, 4.69) is 0 Å². The Morgan fingerprint density at radius 1 is 1.06 bits per heavy atom. The van der Waals surface area contributed by atoms with E-state index in [1.54, 1.807) is 71.6 Å². The number of para-hydroxylation sites is 1. The fourth-order valence-electron chi connectivity index (χ4n) is 4.02. The summed E-state index contributed by atoms with van der Waals surface area (Å²) in [5, 5.41) is 0.704. The van der Waals surface area contributed by atoms with Gasteiger partial charge in [-0.1, -0.05) is 35.9 Å². The minimum atomic E-state index is -0.416. The lowest BCUT2D eigenvalue weighted by Crippen LogP contribution is -2.38. The van der Waals surface area contributed by atoms with Crippen LogP contribution in [0.25, 0.3) is 22.3 Å². The minimum absolute atomic E-state index is 0.0419. The molecule has 176 valence electrons. The van der Waals surface area contributed by atoms with Gasteiger partial charge < -0.3 is 18.8 Å². The molecule has 1 aromatic heterocycles. The van der Waals surface area contributed by atoms with Gasteiger partial charge in [-0.3, -0.25) is 14.4 Å². The molecule has 0 spiro atoms. The molecule has 2 heterocycles. The number of hydrogen-bond acceptors (Lipinski definition) is 6. The van der Waals surface area contributed by atoms with Crippen LogP contribution >= 0.6 is 11.6 Å². The van der Waals surface area contributed by atoms with Crippen molar-refractivity contribution in [3.05, 3.63) is 87.5 Å². The number of rotatable bonds is 6. The van der Waals surface area contributed by atoms with Gasteiger partial charge in [-0.25, -0.2) is 0 Å². The summed E-state index contributed by atoms with van der Waals surface area (Å²) < 4.78 is 17.3. The molecule has 5 rings (SSSR count). The van der Waals surface area contributed by atoms with Crippen LogP contribution < -0.4 is 19.8 Å². The summed E-state index contributed by atoms with van der Waals surface area (Å²) in [5.41, 5.74) is 1.30. The van der Waals surface area contributed by atoms with E-state index in [1.807, 2.05) is 6.92 Å². The van der Waals surface area contributed by atoms with Crippen LogP contribution in [0.1, 0.15) is 17.3 Å². The monoisotopic (exact) mass is 489 g/mol. The molecule has 1 amide bonds. The third-order valence-electron chi connectivity index (χ3n) is 5.76. The number of benzene rings is 3. The second-order valence-corrected chi connectivity index (χ2v) is 8.29. The molecular weight excluding hydrogens is 470 g/mol. The number of anilines is 1. The molecule has 0 saturated heterocycles. The van der Waals surface area contributed by atoms with Gasteiger partial charge in [0.1, 0.15) is 11.3 Å². The molecule has 4 aromatic rings. The molecule has 0 bridgehead atoms. The van der Waals surface area contributed by atoms with Crippen LogP contribution in [0.2, 0.25) is 5.02 Å². The van der Waals surface area contributed by atoms with Crippen molar-refractivity contribution in [2.45, 2.75) is 6.92 Å². The van der Waals surface area contributed by atoms with Crippen LogP contribution in [0.4, 0.5) is 5.69 Å². The molecule has 0 radical (unpaired) electrons. The number of carbonyl (C=O) groups excluding carboxylic acids is 2. The van der Waals surface area contributed by atoms with E-state index >= 15 is 0 Å². The van der Waals surface area contributed by atoms with Crippen LogP contribution in [0.15, 0.2) is 75.9 Å². The van der Waals surface area contributed by atoms with E-state index in [0.717, 1.165) is 0 Å². The highest BCUT2D eigenvalue weighted by atomic mass is 35.5. The third-order valence-corrected chi connectivity index (χ3v) is 6.09. The number of amides is 1. The second kappa shape index (κ2) is 9.27. The van der Waals surface area contributed by atoms with Crippen molar-refractivity contribution in [2.24, 2.45) is 0 Å². The van der Waals surface area contributed by atoms with Gasteiger partial charge in [0.25, 0.3) is 5.91 Å².